The van der Waals surface area contributed by atoms with Crippen LogP contribution in [-0.2, 0) is 0 Å². The molecule has 4 N–H and O–H groups in total. The molecule has 1 aliphatic rings. The third kappa shape index (κ3) is 5.81. The van der Waals surface area contributed by atoms with Crippen molar-refractivity contribution in [3.63, 3.8) is 0 Å². The van der Waals surface area contributed by atoms with Crippen LogP contribution in [-0.4, -0.2) is 37.0 Å². The maximum atomic E-state index is 12.3. The molecule has 0 bridgehead atoms. The molecule has 0 aliphatic heterocycles. The van der Waals surface area contributed by atoms with Crippen LogP contribution >= 0.6 is 11.6 Å². The highest BCUT2D eigenvalue weighted by Crippen LogP contribution is 2.35. The second-order valence-electron chi connectivity index (χ2n) is 7.84. The number of halogens is 1. The van der Waals surface area contributed by atoms with Crippen LogP contribution < -0.4 is 20.6 Å². The lowest BCUT2D eigenvalue weighted by molar-refractivity contribution is 0.0955. The summed E-state index contributed by atoms with van der Waals surface area (Å²) in [5.74, 6) is 0.599. The minimum Gasteiger partial charge on any atom is -0.506 e. The summed E-state index contributed by atoms with van der Waals surface area (Å²) in [4.78, 5) is 12.3. The van der Waals surface area contributed by atoms with E-state index >= 15 is 0 Å². The Hall–Kier alpha value is -3.03. The molecular weight excluding hydrogens is 430 g/mol. The smallest absolute Gasteiger partial charge is 0.271 e. The zero-order valence-corrected chi connectivity index (χ0v) is 19.0. The number of hydrogen-bond acceptors (Lipinski definition) is 6. The van der Waals surface area contributed by atoms with Gasteiger partial charge in [0.1, 0.15) is 5.75 Å². The van der Waals surface area contributed by atoms with Gasteiger partial charge in [0, 0.05) is 16.7 Å². The summed E-state index contributed by atoms with van der Waals surface area (Å²) >= 11 is 5.85. The SMILES string of the molecule is COc1cc(C=NNC(=O)c2ccc(O)c(Cl)c2)cc(C=CC2(N)CCCCC2)c1OC. The Bertz CT molecular complexity index is 1030. The molecule has 3 rings (SSSR count). The Morgan fingerprint density at radius 3 is 2.59 bits per heavy atom. The van der Waals surface area contributed by atoms with E-state index in [9.17, 15) is 9.90 Å². The van der Waals surface area contributed by atoms with Gasteiger partial charge in [0.2, 0.25) is 0 Å². The van der Waals surface area contributed by atoms with Gasteiger partial charge in [0.25, 0.3) is 5.91 Å². The van der Waals surface area contributed by atoms with Crippen molar-refractivity contribution in [1.29, 1.82) is 0 Å². The molecule has 1 amide bonds. The van der Waals surface area contributed by atoms with E-state index in [0.29, 0.717) is 17.1 Å². The predicted molar refractivity (Wildman–Crippen MR) is 127 cm³/mol. The van der Waals surface area contributed by atoms with Gasteiger partial charge in [-0.05, 0) is 48.7 Å². The van der Waals surface area contributed by atoms with Crippen LogP contribution in [0.2, 0.25) is 5.02 Å². The molecule has 0 atom stereocenters. The van der Waals surface area contributed by atoms with E-state index in [2.05, 4.69) is 10.5 Å². The quantitative estimate of drug-likeness (QED) is 0.419. The van der Waals surface area contributed by atoms with Gasteiger partial charge in [-0.3, -0.25) is 4.79 Å². The van der Waals surface area contributed by atoms with Crippen LogP contribution in [0.3, 0.4) is 0 Å². The third-order valence-corrected chi connectivity index (χ3v) is 5.80. The molecule has 1 saturated carbocycles. The van der Waals surface area contributed by atoms with Crippen molar-refractivity contribution in [2.75, 3.05) is 14.2 Å². The second kappa shape index (κ2) is 10.5. The van der Waals surface area contributed by atoms with Crippen LogP contribution in [0.15, 0.2) is 41.5 Å². The van der Waals surface area contributed by atoms with Crippen molar-refractivity contribution in [2.45, 2.75) is 37.6 Å². The van der Waals surface area contributed by atoms with E-state index < -0.39 is 5.91 Å². The number of phenolic OH excluding ortho intramolecular Hbond substituents is 1. The van der Waals surface area contributed by atoms with Crippen LogP contribution in [0.4, 0.5) is 0 Å². The summed E-state index contributed by atoms with van der Waals surface area (Å²) in [5, 5.41) is 13.6. The van der Waals surface area contributed by atoms with Crippen LogP contribution in [0, 0.1) is 0 Å². The summed E-state index contributed by atoms with van der Waals surface area (Å²) in [6.07, 6.45) is 10.9. The molecule has 0 heterocycles. The summed E-state index contributed by atoms with van der Waals surface area (Å²) in [6.45, 7) is 0. The molecule has 32 heavy (non-hydrogen) atoms. The van der Waals surface area contributed by atoms with Gasteiger partial charge in [0.15, 0.2) is 11.5 Å². The lowest BCUT2D eigenvalue weighted by atomic mass is 9.82. The minimum absolute atomic E-state index is 0.0913. The molecule has 0 aromatic heterocycles. The highest BCUT2D eigenvalue weighted by Gasteiger charge is 2.24. The Labute approximate surface area is 192 Å². The average molecular weight is 458 g/mol. The van der Waals surface area contributed by atoms with E-state index in [1.807, 2.05) is 18.2 Å². The number of nitrogens with one attached hydrogen (secondary N) is 1. The fraction of sp³-hybridized carbons (Fsp3) is 0.333. The normalized spacial score (nSPS) is 15.8. The van der Waals surface area contributed by atoms with Gasteiger partial charge in [0.05, 0.1) is 25.5 Å². The number of amides is 1. The monoisotopic (exact) mass is 457 g/mol. The number of phenols is 1. The zero-order chi connectivity index (χ0) is 23.1. The van der Waals surface area contributed by atoms with E-state index in [0.717, 1.165) is 31.2 Å². The Morgan fingerprint density at radius 1 is 1.19 bits per heavy atom. The molecule has 0 unspecified atom stereocenters. The molecule has 2 aromatic carbocycles. The number of methoxy groups -OCH3 is 2. The largest absolute Gasteiger partial charge is 0.506 e. The van der Waals surface area contributed by atoms with Crippen LogP contribution in [0.25, 0.3) is 6.08 Å². The number of aromatic hydroxyl groups is 1. The molecular formula is C24H28ClN3O4. The van der Waals surface area contributed by atoms with Gasteiger partial charge in [-0.2, -0.15) is 5.10 Å². The molecule has 1 aliphatic carbocycles. The fourth-order valence-corrected chi connectivity index (χ4v) is 3.91. The number of ether oxygens (including phenoxy) is 2. The van der Waals surface area contributed by atoms with E-state index in [4.69, 9.17) is 26.8 Å². The second-order valence-corrected chi connectivity index (χ2v) is 8.25. The van der Waals surface area contributed by atoms with E-state index in [1.54, 1.807) is 20.3 Å². The first kappa shape index (κ1) is 23.6. The Morgan fingerprint density at radius 2 is 1.94 bits per heavy atom. The number of hydrazone groups is 1. The fourth-order valence-electron chi connectivity index (χ4n) is 3.72. The number of nitrogens with two attached hydrogens (primary N) is 1. The number of hydrogen-bond donors (Lipinski definition) is 3. The van der Waals surface area contributed by atoms with Crippen molar-refractivity contribution in [1.82, 2.24) is 5.43 Å². The number of rotatable bonds is 7. The summed E-state index contributed by atoms with van der Waals surface area (Å²) in [5.41, 5.74) is 10.5. The third-order valence-electron chi connectivity index (χ3n) is 5.50. The average Bonchev–Trinajstić information content (AvgIpc) is 2.79. The first-order valence-electron chi connectivity index (χ1n) is 10.4. The van der Waals surface area contributed by atoms with Gasteiger partial charge in [-0.15, -0.1) is 0 Å². The molecule has 0 radical (unpaired) electrons. The standard InChI is InChI=1S/C24H28ClN3O4/c1-31-21-13-16(15-27-28-23(30)18-6-7-20(29)19(25)14-18)12-17(22(21)32-2)8-11-24(26)9-4-3-5-10-24/h6-8,11-15,29H,3-5,9-10,26H2,1-2H3,(H,28,30). The first-order valence-corrected chi connectivity index (χ1v) is 10.8. The van der Waals surface area contributed by atoms with Crippen LogP contribution in [0.5, 0.6) is 17.2 Å². The lowest BCUT2D eigenvalue weighted by Gasteiger charge is -2.30. The zero-order valence-electron chi connectivity index (χ0n) is 18.2. The van der Waals surface area contributed by atoms with E-state index in [1.165, 1.54) is 30.8 Å². The van der Waals surface area contributed by atoms with Crippen molar-refractivity contribution in [2.24, 2.45) is 10.8 Å². The van der Waals surface area contributed by atoms with Crippen molar-refractivity contribution in [3.8, 4) is 17.2 Å². The number of nitrogens with zero attached hydrogens (tertiary/aromatic N) is 1. The molecule has 170 valence electrons. The first-order chi connectivity index (χ1) is 15.3. The summed E-state index contributed by atoms with van der Waals surface area (Å²) < 4.78 is 11.0. The van der Waals surface area contributed by atoms with Gasteiger partial charge >= 0.3 is 0 Å². The van der Waals surface area contributed by atoms with Crippen LogP contribution in [0.1, 0.15) is 53.6 Å². The Kier molecular flexibility index (Phi) is 7.77. The Balaban J connectivity index is 1.80. The number of carbonyl (C=O) groups is 1. The molecule has 1 fully saturated rings. The molecule has 8 heteroatoms. The highest BCUT2D eigenvalue weighted by molar-refractivity contribution is 6.32. The number of carbonyl (C=O) groups excluding carboxylic acids is 1. The maximum absolute atomic E-state index is 12.3. The topological polar surface area (TPSA) is 106 Å². The highest BCUT2D eigenvalue weighted by atomic mass is 35.5. The van der Waals surface area contributed by atoms with Gasteiger partial charge in [-0.1, -0.05) is 43.0 Å². The van der Waals surface area contributed by atoms with Crippen molar-refractivity contribution < 1.29 is 19.4 Å². The molecule has 0 saturated heterocycles. The van der Waals surface area contributed by atoms with Gasteiger partial charge < -0.3 is 20.3 Å². The molecule has 2 aromatic rings. The van der Waals surface area contributed by atoms with Crippen molar-refractivity contribution >= 4 is 29.8 Å². The maximum Gasteiger partial charge on any atom is 0.271 e. The lowest BCUT2D eigenvalue weighted by Crippen LogP contribution is -2.39. The van der Waals surface area contributed by atoms with Gasteiger partial charge in [-0.25, -0.2) is 5.43 Å². The molecule has 0 spiro atoms. The predicted octanol–water partition coefficient (Wildman–Crippen LogP) is 4.50. The number of benzene rings is 2. The summed E-state index contributed by atoms with van der Waals surface area (Å²) in [6, 6.07) is 7.83. The summed E-state index contributed by atoms with van der Waals surface area (Å²) in [7, 11) is 3.15. The molecule has 7 nitrogen and oxygen atoms in total. The minimum atomic E-state index is -0.453. The van der Waals surface area contributed by atoms with Crippen molar-refractivity contribution in [3.05, 3.63) is 58.1 Å². The van der Waals surface area contributed by atoms with E-state index in [-0.39, 0.29) is 21.9 Å².